The van der Waals surface area contributed by atoms with Crippen molar-refractivity contribution in [2.24, 2.45) is 5.92 Å². The van der Waals surface area contributed by atoms with Gasteiger partial charge in [-0.1, -0.05) is 44.2 Å². The Hall–Kier alpha value is -4.34. The number of anilines is 2. The summed E-state index contributed by atoms with van der Waals surface area (Å²) in [5.41, 5.74) is 2.50. The van der Waals surface area contributed by atoms with Crippen molar-refractivity contribution >= 4 is 29.3 Å². The van der Waals surface area contributed by atoms with E-state index in [1.54, 1.807) is 35.2 Å². The molecular weight excluding hydrogens is 511 g/mol. The first-order valence-corrected chi connectivity index (χ1v) is 12.3. The molecule has 0 bridgehead atoms. The Balaban J connectivity index is 1.45. The first-order chi connectivity index (χ1) is 18.5. The van der Waals surface area contributed by atoms with E-state index >= 15 is 0 Å². The van der Waals surface area contributed by atoms with Gasteiger partial charge in [0.25, 0.3) is 5.91 Å². The molecule has 204 valence electrons. The van der Waals surface area contributed by atoms with Crippen molar-refractivity contribution in [3.8, 4) is 11.1 Å². The molecule has 3 aromatic rings. The fraction of sp³-hybridized carbons (Fsp3) is 0.276. The van der Waals surface area contributed by atoms with E-state index < -0.39 is 29.8 Å². The summed E-state index contributed by atoms with van der Waals surface area (Å²) >= 11 is 0. The molecule has 39 heavy (non-hydrogen) atoms. The Morgan fingerprint density at radius 2 is 1.62 bits per heavy atom. The molecular formula is C29H28F3N3O4. The molecule has 1 atom stereocenters. The summed E-state index contributed by atoms with van der Waals surface area (Å²) in [7, 11) is 1.31. The van der Waals surface area contributed by atoms with Crippen molar-refractivity contribution < 1.29 is 32.3 Å². The van der Waals surface area contributed by atoms with E-state index in [1.807, 2.05) is 26.0 Å². The highest BCUT2D eigenvalue weighted by molar-refractivity contribution is 6.02. The minimum atomic E-state index is -4.51. The Bertz CT molecular complexity index is 1390. The summed E-state index contributed by atoms with van der Waals surface area (Å²) in [4.78, 5) is 39.5. The summed E-state index contributed by atoms with van der Waals surface area (Å²) in [6.45, 7) is 4.29. The molecule has 10 heteroatoms. The number of urea groups is 1. The number of fused-ring (bicyclic) bond motifs is 1. The van der Waals surface area contributed by atoms with Crippen LogP contribution < -0.4 is 10.6 Å². The number of nitrogens with zero attached hydrogens (tertiary/aromatic N) is 1. The fourth-order valence-electron chi connectivity index (χ4n) is 4.50. The zero-order valence-electron chi connectivity index (χ0n) is 21.6. The van der Waals surface area contributed by atoms with Crippen LogP contribution >= 0.6 is 0 Å². The van der Waals surface area contributed by atoms with Gasteiger partial charge in [-0.15, -0.1) is 0 Å². The van der Waals surface area contributed by atoms with Crippen LogP contribution in [0.15, 0.2) is 66.7 Å². The monoisotopic (exact) mass is 539 g/mol. The number of hydrogen-bond acceptors (Lipinski definition) is 4. The van der Waals surface area contributed by atoms with Crippen LogP contribution in [-0.4, -0.2) is 36.0 Å². The SMILES string of the molecule is COC(=O)[C@H](CC(C)C)N1Cc2ccc(-c3ccc(NC(=O)Nc4cccc(C(F)(F)F)c4)cc3)cc2C1=O. The van der Waals surface area contributed by atoms with Crippen molar-refractivity contribution in [1.29, 1.82) is 0 Å². The molecule has 3 aromatic carbocycles. The second-order valence-corrected chi connectivity index (χ2v) is 9.71. The van der Waals surface area contributed by atoms with Gasteiger partial charge in [0.1, 0.15) is 6.04 Å². The van der Waals surface area contributed by atoms with Gasteiger partial charge in [-0.3, -0.25) is 4.79 Å². The molecule has 1 heterocycles. The Kier molecular flexibility index (Phi) is 7.94. The van der Waals surface area contributed by atoms with Gasteiger partial charge in [-0.25, -0.2) is 9.59 Å². The average molecular weight is 540 g/mol. The van der Waals surface area contributed by atoms with Crippen LogP contribution in [0.5, 0.6) is 0 Å². The van der Waals surface area contributed by atoms with Gasteiger partial charge in [0.2, 0.25) is 0 Å². The van der Waals surface area contributed by atoms with E-state index in [1.165, 1.54) is 19.2 Å². The third-order valence-electron chi connectivity index (χ3n) is 6.41. The molecule has 3 amide bonds. The number of benzene rings is 3. The molecule has 1 aliphatic rings. The number of nitrogens with one attached hydrogen (secondary N) is 2. The largest absolute Gasteiger partial charge is 0.467 e. The van der Waals surface area contributed by atoms with Crippen LogP contribution in [0.3, 0.4) is 0 Å². The minimum absolute atomic E-state index is 0.0126. The molecule has 0 unspecified atom stereocenters. The summed E-state index contributed by atoms with van der Waals surface area (Å²) in [5.74, 6) is -0.474. The number of rotatable bonds is 7. The van der Waals surface area contributed by atoms with Gasteiger partial charge in [0.15, 0.2) is 0 Å². The third kappa shape index (κ3) is 6.39. The molecule has 0 aromatic heterocycles. The quantitative estimate of drug-likeness (QED) is 0.333. The summed E-state index contributed by atoms with van der Waals surface area (Å²) in [6.07, 6.45) is -4.02. The van der Waals surface area contributed by atoms with E-state index in [0.717, 1.165) is 28.8 Å². The normalized spacial score (nSPS) is 13.7. The number of carbonyl (C=O) groups is 3. The van der Waals surface area contributed by atoms with Crippen molar-refractivity contribution in [2.75, 3.05) is 17.7 Å². The van der Waals surface area contributed by atoms with E-state index in [2.05, 4.69) is 10.6 Å². The maximum atomic E-state index is 13.2. The Labute approximate surface area is 224 Å². The molecule has 2 N–H and O–H groups in total. The van der Waals surface area contributed by atoms with E-state index in [4.69, 9.17) is 4.74 Å². The smallest absolute Gasteiger partial charge is 0.416 e. The summed E-state index contributed by atoms with van der Waals surface area (Å²) < 4.78 is 43.7. The lowest BCUT2D eigenvalue weighted by atomic mass is 10.00. The first-order valence-electron chi connectivity index (χ1n) is 12.3. The number of ether oxygens (including phenoxy) is 1. The van der Waals surface area contributed by atoms with Crippen LogP contribution in [0.25, 0.3) is 11.1 Å². The second-order valence-electron chi connectivity index (χ2n) is 9.71. The number of halogens is 3. The first kappa shape index (κ1) is 27.7. The highest BCUT2D eigenvalue weighted by Crippen LogP contribution is 2.32. The van der Waals surface area contributed by atoms with E-state index in [0.29, 0.717) is 24.2 Å². The van der Waals surface area contributed by atoms with Gasteiger partial charge in [-0.2, -0.15) is 13.2 Å². The van der Waals surface area contributed by atoms with Gasteiger partial charge in [0.05, 0.1) is 12.7 Å². The number of alkyl halides is 3. The zero-order chi connectivity index (χ0) is 28.3. The molecule has 4 rings (SSSR count). The highest BCUT2D eigenvalue weighted by atomic mass is 19.4. The molecule has 0 aliphatic carbocycles. The van der Waals surface area contributed by atoms with Gasteiger partial charge in [0, 0.05) is 23.5 Å². The Morgan fingerprint density at radius 1 is 0.949 bits per heavy atom. The molecule has 0 radical (unpaired) electrons. The van der Waals surface area contributed by atoms with Crippen molar-refractivity contribution in [3.63, 3.8) is 0 Å². The fourth-order valence-corrected chi connectivity index (χ4v) is 4.50. The molecule has 0 fully saturated rings. The molecule has 0 saturated heterocycles. The lowest BCUT2D eigenvalue weighted by molar-refractivity contribution is -0.146. The topological polar surface area (TPSA) is 87.7 Å². The van der Waals surface area contributed by atoms with Crippen molar-refractivity contribution in [1.82, 2.24) is 4.90 Å². The van der Waals surface area contributed by atoms with E-state index in [9.17, 15) is 27.6 Å². The van der Waals surface area contributed by atoms with Crippen molar-refractivity contribution in [3.05, 3.63) is 83.4 Å². The highest BCUT2D eigenvalue weighted by Gasteiger charge is 2.37. The average Bonchev–Trinajstić information content (AvgIpc) is 3.22. The van der Waals surface area contributed by atoms with Crippen LogP contribution in [0.4, 0.5) is 29.3 Å². The van der Waals surface area contributed by atoms with Crippen LogP contribution in [-0.2, 0) is 22.3 Å². The second kappa shape index (κ2) is 11.2. The Morgan fingerprint density at radius 3 is 2.26 bits per heavy atom. The molecule has 0 spiro atoms. The van der Waals surface area contributed by atoms with Gasteiger partial charge >= 0.3 is 18.2 Å². The molecule has 0 saturated carbocycles. The lowest BCUT2D eigenvalue weighted by Gasteiger charge is -2.26. The third-order valence-corrected chi connectivity index (χ3v) is 6.41. The van der Waals surface area contributed by atoms with Crippen LogP contribution in [0.2, 0.25) is 0 Å². The minimum Gasteiger partial charge on any atom is -0.467 e. The van der Waals surface area contributed by atoms with Crippen molar-refractivity contribution in [2.45, 2.75) is 39.0 Å². The van der Waals surface area contributed by atoms with E-state index in [-0.39, 0.29) is 17.5 Å². The van der Waals surface area contributed by atoms with Gasteiger partial charge < -0.3 is 20.3 Å². The number of carbonyl (C=O) groups excluding carboxylic acids is 3. The zero-order valence-corrected chi connectivity index (χ0v) is 21.6. The number of hydrogen-bond donors (Lipinski definition) is 2. The maximum absolute atomic E-state index is 13.2. The molecule has 7 nitrogen and oxygen atoms in total. The summed E-state index contributed by atoms with van der Waals surface area (Å²) in [5, 5.41) is 4.98. The number of amides is 3. The number of esters is 1. The van der Waals surface area contributed by atoms with Crippen LogP contribution in [0, 0.1) is 5.92 Å². The van der Waals surface area contributed by atoms with Crippen LogP contribution in [0.1, 0.15) is 41.8 Å². The standard InChI is InChI=1S/C29H28F3N3O4/c1-17(2)13-25(27(37)39-3)35-16-20-8-7-19(14-24(20)26(35)36)18-9-11-22(12-10-18)33-28(38)34-23-6-4-5-21(15-23)29(30,31)32/h4-12,14-15,17,25H,13,16H2,1-3H3,(H2,33,34,38)/t25-/m0/s1. The predicted molar refractivity (Wildman–Crippen MR) is 141 cm³/mol. The predicted octanol–water partition coefficient (Wildman–Crippen LogP) is 6.56. The number of methoxy groups -OCH3 is 1. The van der Waals surface area contributed by atoms with Gasteiger partial charge in [-0.05, 0) is 65.4 Å². The lowest BCUT2D eigenvalue weighted by Crippen LogP contribution is -2.42. The molecule has 1 aliphatic heterocycles. The maximum Gasteiger partial charge on any atom is 0.416 e. The summed E-state index contributed by atoms with van der Waals surface area (Å²) in [6, 6.07) is 15.4.